The number of hydrogen-bond donors (Lipinski definition) is 2. The minimum Gasteiger partial charge on any atom is -0.479 e. The van der Waals surface area contributed by atoms with Crippen molar-refractivity contribution >= 4 is 29.3 Å². The first-order chi connectivity index (χ1) is 12.1. The number of halogens is 4. The molecule has 0 radical (unpaired) electrons. The lowest BCUT2D eigenvalue weighted by molar-refractivity contribution is -0.275. The molecule has 0 fully saturated rings. The van der Waals surface area contributed by atoms with Crippen LogP contribution in [0.5, 0.6) is 5.75 Å². The zero-order chi connectivity index (χ0) is 19.5. The molecule has 6 nitrogen and oxygen atoms in total. The molecule has 0 heterocycles. The van der Waals surface area contributed by atoms with E-state index in [9.17, 15) is 27.9 Å². The fraction of sp³-hybridized carbons (Fsp3) is 0.125. The highest BCUT2D eigenvalue weighted by Gasteiger charge is 2.37. The second-order valence-corrected chi connectivity index (χ2v) is 5.45. The molecule has 138 valence electrons. The summed E-state index contributed by atoms with van der Waals surface area (Å²) in [5, 5.41) is 9.88. The van der Waals surface area contributed by atoms with Crippen molar-refractivity contribution in [1.29, 1.82) is 0 Å². The normalized spacial score (nSPS) is 12.3. The number of nitrogens with zero attached hydrogens (tertiary/aromatic N) is 1. The molecule has 1 unspecified atom stereocenters. The molecule has 10 heteroatoms. The van der Waals surface area contributed by atoms with Crippen LogP contribution < -0.4 is 15.4 Å². The number of carboxylic acid groups (broad SMARTS) is 1. The maximum Gasteiger partial charge on any atom is 0.573 e. The van der Waals surface area contributed by atoms with E-state index in [2.05, 4.69) is 4.74 Å². The number of alkyl halides is 3. The van der Waals surface area contributed by atoms with Gasteiger partial charge in [0.2, 0.25) is 0 Å². The number of carbonyl (C=O) groups excluding carboxylic acids is 1. The number of nitrogens with two attached hydrogens (primary N) is 1. The number of urea groups is 1. The van der Waals surface area contributed by atoms with Gasteiger partial charge in [0, 0.05) is 16.3 Å². The fourth-order valence-corrected chi connectivity index (χ4v) is 2.44. The molecule has 2 rings (SSSR count). The van der Waals surface area contributed by atoms with Gasteiger partial charge in [0.1, 0.15) is 5.75 Å². The molecule has 0 bridgehead atoms. The second kappa shape index (κ2) is 7.52. The Balaban J connectivity index is 2.59. The van der Waals surface area contributed by atoms with Gasteiger partial charge in [-0.1, -0.05) is 29.8 Å². The van der Waals surface area contributed by atoms with Crippen molar-refractivity contribution in [1.82, 2.24) is 0 Å². The average Bonchev–Trinajstić information content (AvgIpc) is 2.52. The summed E-state index contributed by atoms with van der Waals surface area (Å²) in [6.45, 7) is 0. The van der Waals surface area contributed by atoms with Crippen LogP contribution in [0.3, 0.4) is 0 Å². The minimum absolute atomic E-state index is 0.0381. The molecule has 2 aromatic carbocycles. The maximum atomic E-state index is 12.6. The van der Waals surface area contributed by atoms with E-state index in [1.54, 1.807) is 0 Å². The number of rotatable bonds is 5. The largest absolute Gasteiger partial charge is 0.573 e. The second-order valence-electron chi connectivity index (χ2n) is 5.01. The van der Waals surface area contributed by atoms with Gasteiger partial charge in [-0.2, -0.15) is 0 Å². The van der Waals surface area contributed by atoms with Crippen LogP contribution in [-0.2, 0) is 4.79 Å². The Bertz CT molecular complexity index is 812. The minimum atomic E-state index is -5.04. The Morgan fingerprint density at radius 2 is 1.69 bits per heavy atom. The van der Waals surface area contributed by atoms with Crippen molar-refractivity contribution in [2.45, 2.75) is 12.4 Å². The van der Waals surface area contributed by atoms with Gasteiger partial charge in [0.25, 0.3) is 0 Å². The van der Waals surface area contributed by atoms with Gasteiger partial charge in [-0.3, -0.25) is 4.90 Å². The zero-order valence-corrected chi connectivity index (χ0v) is 13.7. The van der Waals surface area contributed by atoms with E-state index >= 15 is 0 Å². The molecule has 0 saturated carbocycles. The van der Waals surface area contributed by atoms with E-state index in [0.29, 0.717) is 9.92 Å². The monoisotopic (exact) mass is 388 g/mol. The molecule has 3 N–H and O–H groups in total. The molecule has 0 saturated heterocycles. The number of para-hydroxylation sites is 1. The van der Waals surface area contributed by atoms with Crippen LogP contribution in [0.4, 0.5) is 23.7 Å². The van der Waals surface area contributed by atoms with Crippen LogP contribution in [0.1, 0.15) is 11.6 Å². The Labute approximate surface area is 150 Å². The highest BCUT2D eigenvalue weighted by molar-refractivity contribution is 6.30. The molecule has 1 atom stereocenters. The summed E-state index contributed by atoms with van der Waals surface area (Å²) in [5.74, 6) is -2.36. The molecular weight excluding hydrogens is 377 g/mol. The van der Waals surface area contributed by atoms with E-state index in [1.165, 1.54) is 36.4 Å². The van der Waals surface area contributed by atoms with E-state index in [4.69, 9.17) is 17.3 Å². The van der Waals surface area contributed by atoms with Gasteiger partial charge in [-0.25, -0.2) is 9.59 Å². The smallest absolute Gasteiger partial charge is 0.479 e. The van der Waals surface area contributed by atoms with Crippen LogP contribution in [0.15, 0.2) is 48.5 Å². The van der Waals surface area contributed by atoms with Crippen molar-refractivity contribution in [2.24, 2.45) is 5.73 Å². The predicted molar refractivity (Wildman–Crippen MR) is 87.0 cm³/mol. The third-order valence-electron chi connectivity index (χ3n) is 3.27. The molecule has 0 aliphatic carbocycles. The summed E-state index contributed by atoms with van der Waals surface area (Å²) >= 11 is 5.76. The SMILES string of the molecule is NC(=O)N(c1ccc(Cl)cc1)C(C(=O)O)c1ccccc1OC(F)(F)F. The summed E-state index contributed by atoms with van der Waals surface area (Å²) in [7, 11) is 0. The number of amides is 2. The number of aliphatic carboxylic acids is 1. The predicted octanol–water partition coefficient (Wildman–Crippen LogP) is 3.95. The van der Waals surface area contributed by atoms with Crippen molar-refractivity contribution in [2.75, 3.05) is 4.90 Å². The molecular formula is C16H12ClF3N2O4. The first-order valence-electron chi connectivity index (χ1n) is 7.02. The molecule has 2 amide bonds. The first-order valence-corrected chi connectivity index (χ1v) is 7.39. The third kappa shape index (κ3) is 4.57. The fourth-order valence-electron chi connectivity index (χ4n) is 2.31. The van der Waals surface area contributed by atoms with E-state index < -0.39 is 35.7 Å². The number of hydrogen-bond acceptors (Lipinski definition) is 3. The van der Waals surface area contributed by atoms with Crippen LogP contribution in [-0.4, -0.2) is 23.5 Å². The van der Waals surface area contributed by atoms with Gasteiger partial charge < -0.3 is 15.6 Å². The Kier molecular flexibility index (Phi) is 5.61. The van der Waals surface area contributed by atoms with Crippen LogP contribution >= 0.6 is 11.6 Å². The Morgan fingerprint density at radius 1 is 1.12 bits per heavy atom. The van der Waals surface area contributed by atoms with Crippen LogP contribution in [0.2, 0.25) is 5.02 Å². The number of benzene rings is 2. The van der Waals surface area contributed by atoms with E-state index in [0.717, 1.165) is 12.1 Å². The quantitative estimate of drug-likeness (QED) is 0.811. The Morgan fingerprint density at radius 3 is 2.19 bits per heavy atom. The lowest BCUT2D eigenvalue weighted by Crippen LogP contribution is -2.42. The third-order valence-corrected chi connectivity index (χ3v) is 3.53. The van der Waals surface area contributed by atoms with Crippen molar-refractivity contribution in [3.05, 3.63) is 59.1 Å². The standard InChI is InChI=1S/C16H12ClF3N2O4/c17-9-5-7-10(8-6-9)22(15(21)25)13(14(23)24)11-3-1-2-4-12(11)26-16(18,19)20/h1-8,13H,(H2,21,25)(H,23,24). The molecule has 0 aliphatic rings. The van der Waals surface area contributed by atoms with Crippen LogP contribution in [0, 0.1) is 0 Å². The number of primary amides is 1. The van der Waals surface area contributed by atoms with Gasteiger partial charge in [-0.05, 0) is 30.3 Å². The number of carbonyl (C=O) groups is 2. The maximum absolute atomic E-state index is 12.6. The molecule has 26 heavy (non-hydrogen) atoms. The summed E-state index contributed by atoms with van der Waals surface area (Å²) in [6.07, 6.45) is -5.04. The lowest BCUT2D eigenvalue weighted by atomic mass is 10.0. The van der Waals surface area contributed by atoms with Crippen molar-refractivity contribution < 1.29 is 32.6 Å². The van der Waals surface area contributed by atoms with Gasteiger partial charge >= 0.3 is 18.4 Å². The van der Waals surface area contributed by atoms with Crippen molar-refractivity contribution in [3.63, 3.8) is 0 Å². The highest BCUT2D eigenvalue weighted by atomic mass is 35.5. The zero-order valence-electron chi connectivity index (χ0n) is 12.9. The topological polar surface area (TPSA) is 92.9 Å². The lowest BCUT2D eigenvalue weighted by Gasteiger charge is -2.29. The molecule has 0 spiro atoms. The highest BCUT2D eigenvalue weighted by Crippen LogP contribution is 2.35. The molecule has 2 aromatic rings. The van der Waals surface area contributed by atoms with Gasteiger partial charge in [0.15, 0.2) is 6.04 Å². The first kappa shape index (κ1) is 19.4. The summed E-state index contributed by atoms with van der Waals surface area (Å²) in [4.78, 5) is 24.3. The van der Waals surface area contributed by atoms with E-state index in [1.807, 2.05) is 0 Å². The van der Waals surface area contributed by atoms with Crippen molar-refractivity contribution in [3.8, 4) is 5.75 Å². The number of anilines is 1. The van der Waals surface area contributed by atoms with E-state index in [-0.39, 0.29) is 5.69 Å². The summed E-state index contributed by atoms with van der Waals surface area (Å²) in [5.41, 5.74) is 4.93. The number of carboxylic acids is 1. The van der Waals surface area contributed by atoms with Crippen LogP contribution in [0.25, 0.3) is 0 Å². The van der Waals surface area contributed by atoms with Gasteiger partial charge in [0.05, 0.1) is 0 Å². The Hall–Kier alpha value is -2.94. The van der Waals surface area contributed by atoms with Gasteiger partial charge in [-0.15, -0.1) is 13.2 Å². The summed E-state index contributed by atoms with van der Waals surface area (Å²) < 4.78 is 41.8. The molecule has 0 aliphatic heterocycles. The summed E-state index contributed by atoms with van der Waals surface area (Å²) in [6, 6.07) is 6.95. The average molecular weight is 389 g/mol. The number of ether oxygens (including phenoxy) is 1. The molecule has 0 aromatic heterocycles.